The normalized spacial score (nSPS) is 15.3. The lowest BCUT2D eigenvalue weighted by Gasteiger charge is -2.34. The maximum Gasteiger partial charge on any atom is 0.268 e. The second-order valence-electron chi connectivity index (χ2n) is 7.95. The highest BCUT2D eigenvalue weighted by molar-refractivity contribution is 7.09. The lowest BCUT2D eigenvalue weighted by atomic mass is 10.1. The SMILES string of the molecule is CCC1Oc2ccc(-c3csc(C)n3)cc2N(CC(=O)Nc2cccc3ccccc23)C1=O. The van der Waals surface area contributed by atoms with Gasteiger partial charge in [-0.1, -0.05) is 43.3 Å². The number of aromatic nitrogens is 1. The molecule has 0 aliphatic carbocycles. The molecule has 0 saturated carbocycles. The molecule has 1 aliphatic rings. The lowest BCUT2D eigenvalue weighted by molar-refractivity contribution is -0.128. The number of fused-ring (bicyclic) bond motifs is 2. The molecule has 0 saturated heterocycles. The number of nitrogens with zero attached hydrogens (tertiary/aromatic N) is 2. The number of carbonyl (C=O) groups is 2. The summed E-state index contributed by atoms with van der Waals surface area (Å²) in [5.74, 6) is 0.108. The van der Waals surface area contributed by atoms with Crippen molar-refractivity contribution in [3.8, 4) is 17.0 Å². The number of benzene rings is 3. The maximum atomic E-state index is 13.2. The minimum atomic E-state index is -0.616. The van der Waals surface area contributed by atoms with Crippen molar-refractivity contribution in [2.24, 2.45) is 0 Å². The molecule has 166 valence electrons. The zero-order valence-corrected chi connectivity index (χ0v) is 19.2. The Bertz CT molecular complexity index is 1360. The van der Waals surface area contributed by atoms with Gasteiger partial charge < -0.3 is 10.1 Å². The average Bonchev–Trinajstić information content (AvgIpc) is 3.27. The fourth-order valence-corrected chi connectivity index (χ4v) is 4.69. The summed E-state index contributed by atoms with van der Waals surface area (Å²) in [6, 6.07) is 19.3. The molecule has 2 amide bonds. The smallest absolute Gasteiger partial charge is 0.268 e. The van der Waals surface area contributed by atoms with Gasteiger partial charge in [-0.3, -0.25) is 14.5 Å². The van der Waals surface area contributed by atoms with Crippen molar-refractivity contribution in [3.05, 3.63) is 71.1 Å². The molecule has 1 aliphatic heterocycles. The molecule has 1 N–H and O–H groups in total. The predicted octanol–water partition coefficient (Wildman–Crippen LogP) is 5.41. The Labute approximate surface area is 195 Å². The van der Waals surface area contributed by atoms with Crippen LogP contribution in [0.1, 0.15) is 18.4 Å². The molecule has 6 nitrogen and oxygen atoms in total. The molecular formula is C26H23N3O3S. The van der Waals surface area contributed by atoms with Crippen LogP contribution in [0.5, 0.6) is 5.75 Å². The maximum absolute atomic E-state index is 13.2. The van der Waals surface area contributed by atoms with Crippen molar-refractivity contribution < 1.29 is 14.3 Å². The third-order valence-electron chi connectivity index (χ3n) is 5.71. The fourth-order valence-electron chi connectivity index (χ4n) is 4.07. The first-order valence-corrected chi connectivity index (χ1v) is 11.7. The van der Waals surface area contributed by atoms with E-state index in [4.69, 9.17) is 4.74 Å². The van der Waals surface area contributed by atoms with Gasteiger partial charge in [-0.2, -0.15) is 0 Å². The van der Waals surface area contributed by atoms with E-state index >= 15 is 0 Å². The van der Waals surface area contributed by atoms with E-state index in [-0.39, 0.29) is 18.4 Å². The summed E-state index contributed by atoms with van der Waals surface area (Å²) in [6.45, 7) is 3.75. The number of hydrogen-bond acceptors (Lipinski definition) is 5. The number of hydrogen-bond donors (Lipinski definition) is 1. The van der Waals surface area contributed by atoms with Crippen molar-refractivity contribution in [2.45, 2.75) is 26.4 Å². The molecule has 3 aromatic carbocycles. The van der Waals surface area contributed by atoms with Crippen LogP contribution in [0, 0.1) is 6.92 Å². The van der Waals surface area contributed by atoms with Gasteiger partial charge in [0.25, 0.3) is 5.91 Å². The summed E-state index contributed by atoms with van der Waals surface area (Å²) < 4.78 is 5.94. The summed E-state index contributed by atoms with van der Waals surface area (Å²) in [7, 11) is 0. The minimum absolute atomic E-state index is 0.103. The first-order valence-electron chi connectivity index (χ1n) is 10.9. The molecule has 2 heterocycles. The van der Waals surface area contributed by atoms with Crippen molar-refractivity contribution in [3.63, 3.8) is 0 Å². The second kappa shape index (κ2) is 8.67. The highest BCUT2D eigenvalue weighted by atomic mass is 32.1. The number of aryl methyl sites for hydroxylation is 1. The van der Waals surface area contributed by atoms with Crippen LogP contribution in [-0.4, -0.2) is 29.4 Å². The number of nitrogens with one attached hydrogen (secondary N) is 1. The first kappa shape index (κ1) is 21.2. The van der Waals surface area contributed by atoms with Crippen LogP contribution in [0.15, 0.2) is 66.0 Å². The van der Waals surface area contributed by atoms with Crippen molar-refractivity contribution in [1.29, 1.82) is 0 Å². The van der Waals surface area contributed by atoms with Gasteiger partial charge in [0, 0.05) is 22.0 Å². The lowest BCUT2D eigenvalue weighted by Crippen LogP contribution is -2.48. The van der Waals surface area contributed by atoms with Crippen LogP contribution in [0.4, 0.5) is 11.4 Å². The Morgan fingerprint density at radius 2 is 1.97 bits per heavy atom. The quantitative estimate of drug-likeness (QED) is 0.435. The van der Waals surface area contributed by atoms with Gasteiger partial charge in [-0.05, 0) is 43.0 Å². The zero-order valence-electron chi connectivity index (χ0n) is 18.4. The summed E-state index contributed by atoms with van der Waals surface area (Å²) >= 11 is 1.57. The highest BCUT2D eigenvalue weighted by Gasteiger charge is 2.34. The second-order valence-corrected chi connectivity index (χ2v) is 9.01. The summed E-state index contributed by atoms with van der Waals surface area (Å²) in [4.78, 5) is 32.3. The molecule has 33 heavy (non-hydrogen) atoms. The molecule has 4 aromatic rings. The van der Waals surface area contributed by atoms with Gasteiger partial charge in [0.15, 0.2) is 6.10 Å². The Kier molecular flexibility index (Phi) is 5.56. The van der Waals surface area contributed by atoms with E-state index in [9.17, 15) is 9.59 Å². The molecule has 0 bridgehead atoms. The zero-order chi connectivity index (χ0) is 22.9. The molecule has 1 aromatic heterocycles. The van der Waals surface area contributed by atoms with E-state index in [2.05, 4.69) is 10.3 Å². The Morgan fingerprint density at radius 1 is 1.15 bits per heavy atom. The Hall–Kier alpha value is -3.71. The van der Waals surface area contributed by atoms with E-state index in [1.165, 1.54) is 4.90 Å². The third-order valence-corrected chi connectivity index (χ3v) is 6.48. The van der Waals surface area contributed by atoms with Crippen molar-refractivity contribution in [1.82, 2.24) is 4.98 Å². The van der Waals surface area contributed by atoms with E-state index in [1.54, 1.807) is 11.3 Å². The van der Waals surface area contributed by atoms with E-state index in [0.717, 1.165) is 32.7 Å². The van der Waals surface area contributed by atoms with Gasteiger partial charge >= 0.3 is 0 Å². The van der Waals surface area contributed by atoms with Crippen LogP contribution in [0.2, 0.25) is 0 Å². The average molecular weight is 458 g/mol. The van der Waals surface area contributed by atoms with Gasteiger partial charge in [0.2, 0.25) is 5.91 Å². The monoisotopic (exact) mass is 457 g/mol. The summed E-state index contributed by atoms with van der Waals surface area (Å²) in [5, 5.41) is 7.92. The van der Waals surface area contributed by atoms with Crippen LogP contribution < -0.4 is 15.0 Å². The van der Waals surface area contributed by atoms with E-state index in [1.807, 2.05) is 79.9 Å². The van der Waals surface area contributed by atoms with Crippen LogP contribution in [0.3, 0.4) is 0 Å². The third kappa shape index (κ3) is 4.07. The number of amides is 2. The molecule has 0 radical (unpaired) electrons. The number of anilines is 2. The molecule has 7 heteroatoms. The number of carbonyl (C=O) groups excluding carboxylic acids is 2. The van der Waals surface area contributed by atoms with Crippen molar-refractivity contribution in [2.75, 3.05) is 16.8 Å². The van der Waals surface area contributed by atoms with Crippen molar-refractivity contribution >= 4 is 45.3 Å². The number of rotatable bonds is 5. The molecule has 1 atom stereocenters. The van der Waals surface area contributed by atoms with Gasteiger partial charge in [-0.15, -0.1) is 11.3 Å². The molecular weight excluding hydrogens is 434 g/mol. The molecule has 0 spiro atoms. The number of ether oxygens (including phenoxy) is 1. The minimum Gasteiger partial charge on any atom is -0.478 e. The Balaban J connectivity index is 1.46. The van der Waals surface area contributed by atoms with Gasteiger partial charge in [0.1, 0.15) is 12.3 Å². The standard InChI is InChI=1S/C26H23N3O3S/c1-3-23-26(31)29(14-25(30)28-20-10-6-8-17-7-4-5-9-19(17)20)22-13-18(11-12-24(22)32-23)21-15-33-16(2)27-21/h4-13,15,23H,3,14H2,1-2H3,(H,28,30). The van der Waals surface area contributed by atoms with E-state index < -0.39 is 6.10 Å². The summed E-state index contributed by atoms with van der Waals surface area (Å²) in [5.41, 5.74) is 3.02. The van der Waals surface area contributed by atoms with Gasteiger partial charge in [0.05, 0.1) is 16.4 Å². The number of thiazole rings is 1. The van der Waals surface area contributed by atoms with E-state index in [0.29, 0.717) is 17.9 Å². The molecule has 5 rings (SSSR count). The highest BCUT2D eigenvalue weighted by Crippen LogP contribution is 2.38. The van der Waals surface area contributed by atoms with Crippen LogP contribution in [-0.2, 0) is 9.59 Å². The predicted molar refractivity (Wildman–Crippen MR) is 132 cm³/mol. The first-order chi connectivity index (χ1) is 16.0. The van der Waals surface area contributed by atoms with Crippen LogP contribution >= 0.6 is 11.3 Å². The molecule has 1 unspecified atom stereocenters. The topological polar surface area (TPSA) is 71.5 Å². The Morgan fingerprint density at radius 3 is 2.76 bits per heavy atom. The van der Waals surface area contributed by atoms with Crippen LogP contribution in [0.25, 0.3) is 22.0 Å². The molecule has 0 fully saturated rings. The largest absolute Gasteiger partial charge is 0.478 e. The summed E-state index contributed by atoms with van der Waals surface area (Å²) in [6.07, 6.45) is -0.0950. The van der Waals surface area contributed by atoms with Gasteiger partial charge in [-0.25, -0.2) is 4.98 Å². The fraction of sp³-hybridized carbons (Fsp3) is 0.192.